The van der Waals surface area contributed by atoms with E-state index in [1.54, 1.807) is 18.2 Å². The zero-order valence-electron chi connectivity index (χ0n) is 18.1. The highest BCUT2D eigenvalue weighted by atomic mass is 19.1. The van der Waals surface area contributed by atoms with Gasteiger partial charge < -0.3 is 15.1 Å². The van der Waals surface area contributed by atoms with Crippen molar-refractivity contribution < 1.29 is 9.18 Å². The van der Waals surface area contributed by atoms with Gasteiger partial charge in [-0.1, -0.05) is 30.3 Å². The highest BCUT2D eigenvalue weighted by molar-refractivity contribution is 5.92. The normalized spacial score (nSPS) is 15.1. The zero-order valence-corrected chi connectivity index (χ0v) is 18.1. The molecule has 0 saturated carbocycles. The first-order valence-electron chi connectivity index (χ1n) is 10.8. The first-order chi connectivity index (χ1) is 15.6. The van der Waals surface area contributed by atoms with Gasteiger partial charge in [0.05, 0.1) is 6.04 Å². The number of piperazine rings is 1. The number of benzene rings is 2. The molecule has 6 heteroatoms. The van der Waals surface area contributed by atoms with Crippen LogP contribution >= 0.6 is 0 Å². The Morgan fingerprint density at radius 2 is 1.75 bits per heavy atom. The molecule has 0 bridgehead atoms. The fraction of sp³-hybridized carbons (Fsp3) is 0.231. The van der Waals surface area contributed by atoms with Gasteiger partial charge in [0.2, 0.25) is 5.91 Å². The molecule has 1 atom stereocenters. The molecule has 1 aliphatic rings. The Labute approximate surface area is 188 Å². The van der Waals surface area contributed by atoms with Crippen molar-refractivity contribution in [1.82, 2.24) is 10.3 Å². The molecular formula is C26H27FN4O. The van der Waals surface area contributed by atoms with E-state index in [0.717, 1.165) is 48.8 Å². The maximum atomic E-state index is 13.0. The van der Waals surface area contributed by atoms with E-state index in [4.69, 9.17) is 0 Å². The predicted octanol–water partition coefficient (Wildman–Crippen LogP) is 4.44. The molecule has 1 aliphatic heterocycles. The first kappa shape index (κ1) is 21.6. The summed E-state index contributed by atoms with van der Waals surface area (Å²) in [6.45, 7) is 5.65. The van der Waals surface area contributed by atoms with Crippen LogP contribution < -0.4 is 15.1 Å². The number of nitrogens with zero attached hydrogens (tertiary/aromatic N) is 3. The minimum atomic E-state index is -0.293. The molecule has 32 heavy (non-hydrogen) atoms. The van der Waals surface area contributed by atoms with Crippen LogP contribution in [0.3, 0.4) is 0 Å². The van der Waals surface area contributed by atoms with Gasteiger partial charge in [-0.05, 0) is 60.5 Å². The summed E-state index contributed by atoms with van der Waals surface area (Å²) < 4.78 is 13.0. The van der Waals surface area contributed by atoms with Crippen LogP contribution in [0.1, 0.15) is 24.1 Å². The molecular weight excluding hydrogens is 403 g/mol. The second kappa shape index (κ2) is 10.1. The SMILES string of the molecule is CC(NC(=O)/C=C/c1ccc(F)cc1)c1cccc(N2CCN(c3ccccn3)CC2)c1. The lowest BCUT2D eigenvalue weighted by atomic mass is 10.1. The molecule has 1 amide bonds. The summed E-state index contributed by atoms with van der Waals surface area (Å²) in [7, 11) is 0. The maximum Gasteiger partial charge on any atom is 0.244 e. The summed E-state index contributed by atoms with van der Waals surface area (Å²) in [6.07, 6.45) is 4.99. The number of hydrogen-bond acceptors (Lipinski definition) is 4. The van der Waals surface area contributed by atoms with Crippen LogP contribution in [-0.4, -0.2) is 37.1 Å². The number of aromatic nitrogens is 1. The standard InChI is InChI=1S/C26H27FN4O/c1-20(29-26(32)13-10-21-8-11-23(27)12-9-21)22-5-4-6-24(19-22)30-15-17-31(18-16-30)25-7-2-3-14-28-25/h2-14,19-20H,15-18H2,1H3,(H,29,32)/b13-10+. The van der Waals surface area contributed by atoms with Gasteiger partial charge in [-0.2, -0.15) is 0 Å². The summed E-state index contributed by atoms with van der Waals surface area (Å²) in [4.78, 5) is 21.4. The Balaban J connectivity index is 1.34. The molecule has 1 aromatic heterocycles. The quantitative estimate of drug-likeness (QED) is 0.588. The lowest BCUT2D eigenvalue weighted by molar-refractivity contribution is -0.117. The van der Waals surface area contributed by atoms with Crippen LogP contribution in [0.15, 0.2) is 79.0 Å². The average Bonchev–Trinajstić information content (AvgIpc) is 2.84. The minimum absolute atomic E-state index is 0.130. The van der Waals surface area contributed by atoms with Crippen molar-refractivity contribution in [2.24, 2.45) is 0 Å². The molecule has 0 aliphatic carbocycles. The molecule has 2 aromatic carbocycles. The molecule has 0 radical (unpaired) electrons. The summed E-state index contributed by atoms with van der Waals surface area (Å²) in [6, 6.07) is 20.2. The number of anilines is 2. The van der Waals surface area contributed by atoms with Gasteiger partial charge >= 0.3 is 0 Å². The maximum absolute atomic E-state index is 13.0. The summed E-state index contributed by atoms with van der Waals surface area (Å²) in [5.74, 6) is 0.542. The van der Waals surface area contributed by atoms with Gasteiger partial charge in [-0.15, -0.1) is 0 Å². The van der Waals surface area contributed by atoms with Crippen molar-refractivity contribution in [2.45, 2.75) is 13.0 Å². The van der Waals surface area contributed by atoms with Crippen LogP contribution in [0.5, 0.6) is 0 Å². The molecule has 0 spiro atoms. The average molecular weight is 431 g/mol. The lowest BCUT2D eigenvalue weighted by Crippen LogP contribution is -2.46. The van der Waals surface area contributed by atoms with Crippen molar-refractivity contribution in [3.8, 4) is 0 Å². The summed E-state index contributed by atoms with van der Waals surface area (Å²) >= 11 is 0. The Hall–Kier alpha value is -3.67. The fourth-order valence-corrected chi connectivity index (χ4v) is 3.82. The largest absolute Gasteiger partial charge is 0.368 e. The number of carbonyl (C=O) groups excluding carboxylic acids is 1. The third-order valence-corrected chi connectivity index (χ3v) is 5.64. The van der Waals surface area contributed by atoms with Crippen LogP contribution in [0.25, 0.3) is 6.08 Å². The fourth-order valence-electron chi connectivity index (χ4n) is 3.82. The smallest absolute Gasteiger partial charge is 0.244 e. The monoisotopic (exact) mass is 430 g/mol. The van der Waals surface area contributed by atoms with Gasteiger partial charge in [-0.3, -0.25) is 4.79 Å². The molecule has 1 saturated heterocycles. The van der Waals surface area contributed by atoms with E-state index in [-0.39, 0.29) is 17.8 Å². The Morgan fingerprint density at radius 3 is 2.47 bits per heavy atom. The van der Waals surface area contributed by atoms with Crippen molar-refractivity contribution in [3.63, 3.8) is 0 Å². The summed E-state index contributed by atoms with van der Waals surface area (Å²) in [5, 5.41) is 3.00. The minimum Gasteiger partial charge on any atom is -0.368 e. The number of rotatable bonds is 6. The summed E-state index contributed by atoms with van der Waals surface area (Å²) in [5.41, 5.74) is 2.99. The molecule has 1 N–H and O–H groups in total. The molecule has 3 aromatic rings. The van der Waals surface area contributed by atoms with Crippen LogP contribution in [0.4, 0.5) is 15.9 Å². The highest BCUT2D eigenvalue weighted by Crippen LogP contribution is 2.23. The van der Waals surface area contributed by atoms with E-state index >= 15 is 0 Å². The van der Waals surface area contributed by atoms with Crippen LogP contribution in [0, 0.1) is 5.82 Å². The van der Waals surface area contributed by atoms with E-state index in [2.05, 4.69) is 32.2 Å². The number of nitrogens with one attached hydrogen (secondary N) is 1. The van der Waals surface area contributed by atoms with Gasteiger partial charge in [0, 0.05) is 44.1 Å². The molecule has 4 rings (SSSR count). The number of hydrogen-bond donors (Lipinski definition) is 1. The number of halogens is 1. The van der Waals surface area contributed by atoms with Gasteiger partial charge in [0.15, 0.2) is 0 Å². The van der Waals surface area contributed by atoms with Crippen molar-refractivity contribution in [1.29, 1.82) is 0 Å². The third kappa shape index (κ3) is 5.52. The highest BCUT2D eigenvalue weighted by Gasteiger charge is 2.19. The van der Waals surface area contributed by atoms with Crippen LogP contribution in [-0.2, 0) is 4.79 Å². The first-order valence-corrected chi connectivity index (χ1v) is 10.8. The van der Waals surface area contributed by atoms with Crippen molar-refractivity contribution >= 4 is 23.5 Å². The Bertz CT molecular complexity index is 1060. The van der Waals surface area contributed by atoms with Gasteiger partial charge in [0.1, 0.15) is 11.6 Å². The van der Waals surface area contributed by atoms with Crippen LogP contribution in [0.2, 0.25) is 0 Å². The molecule has 1 unspecified atom stereocenters. The predicted molar refractivity (Wildman–Crippen MR) is 127 cm³/mol. The lowest BCUT2D eigenvalue weighted by Gasteiger charge is -2.37. The Kier molecular flexibility index (Phi) is 6.80. The Morgan fingerprint density at radius 1 is 1.00 bits per heavy atom. The van der Waals surface area contributed by atoms with Crippen molar-refractivity contribution in [2.75, 3.05) is 36.0 Å². The second-order valence-corrected chi connectivity index (χ2v) is 7.87. The third-order valence-electron chi connectivity index (χ3n) is 5.64. The van der Waals surface area contributed by atoms with Gasteiger partial charge in [-0.25, -0.2) is 9.37 Å². The zero-order chi connectivity index (χ0) is 22.3. The molecule has 1 fully saturated rings. The molecule has 164 valence electrons. The molecule has 5 nitrogen and oxygen atoms in total. The number of pyridine rings is 1. The second-order valence-electron chi connectivity index (χ2n) is 7.87. The van der Waals surface area contributed by atoms with E-state index < -0.39 is 0 Å². The topological polar surface area (TPSA) is 48.5 Å². The van der Waals surface area contributed by atoms with E-state index in [0.29, 0.717) is 0 Å². The van der Waals surface area contributed by atoms with Crippen molar-refractivity contribution in [3.05, 3.63) is 95.9 Å². The van der Waals surface area contributed by atoms with Gasteiger partial charge in [0.25, 0.3) is 0 Å². The molecule has 2 heterocycles. The number of carbonyl (C=O) groups is 1. The number of amides is 1. The van der Waals surface area contributed by atoms with E-state index in [1.165, 1.54) is 18.2 Å². The van der Waals surface area contributed by atoms with E-state index in [9.17, 15) is 9.18 Å². The van der Waals surface area contributed by atoms with E-state index in [1.807, 2.05) is 43.5 Å².